The number of para-hydroxylation sites is 1. The lowest BCUT2D eigenvalue weighted by atomic mass is 10.1. The zero-order valence-electron chi connectivity index (χ0n) is 14.5. The van der Waals surface area contributed by atoms with E-state index in [0.717, 1.165) is 11.3 Å². The second kappa shape index (κ2) is 6.49. The molecule has 134 valence electrons. The van der Waals surface area contributed by atoms with Gasteiger partial charge in [0.15, 0.2) is 0 Å². The number of nitrogens with two attached hydrogens (primary N) is 1. The number of hydrogen-bond acceptors (Lipinski definition) is 5. The topological polar surface area (TPSA) is 94.6 Å². The van der Waals surface area contributed by atoms with E-state index >= 15 is 0 Å². The van der Waals surface area contributed by atoms with Gasteiger partial charge in [-0.25, -0.2) is 4.79 Å². The van der Waals surface area contributed by atoms with Crippen LogP contribution in [0.1, 0.15) is 21.7 Å². The van der Waals surface area contributed by atoms with Crippen molar-refractivity contribution in [3.63, 3.8) is 0 Å². The van der Waals surface area contributed by atoms with Crippen molar-refractivity contribution in [1.82, 2.24) is 0 Å². The van der Waals surface area contributed by atoms with Gasteiger partial charge < -0.3 is 20.2 Å². The van der Waals surface area contributed by atoms with Gasteiger partial charge in [-0.3, -0.25) is 4.79 Å². The van der Waals surface area contributed by atoms with Crippen LogP contribution in [0.5, 0.6) is 0 Å². The third-order valence-corrected chi connectivity index (χ3v) is 4.36. The lowest BCUT2D eigenvalue weighted by molar-refractivity contribution is -0.110. The number of nitrogens with one attached hydrogen (secondary N) is 1. The van der Waals surface area contributed by atoms with E-state index in [1.807, 2.05) is 24.3 Å². The van der Waals surface area contributed by atoms with Crippen LogP contribution < -0.4 is 11.1 Å². The molecule has 1 aromatic heterocycles. The van der Waals surface area contributed by atoms with Crippen LogP contribution in [0.15, 0.2) is 59.0 Å². The third kappa shape index (κ3) is 2.97. The highest BCUT2D eigenvalue weighted by atomic mass is 16.5. The van der Waals surface area contributed by atoms with Crippen LogP contribution in [0.2, 0.25) is 0 Å². The molecule has 2 aromatic carbocycles. The molecule has 0 fully saturated rings. The van der Waals surface area contributed by atoms with Gasteiger partial charge in [-0.05, 0) is 42.5 Å². The van der Waals surface area contributed by atoms with Crippen LogP contribution in [-0.4, -0.2) is 19.0 Å². The Hall–Kier alpha value is -3.80. The molecule has 2 heterocycles. The Morgan fingerprint density at radius 3 is 2.70 bits per heavy atom. The van der Waals surface area contributed by atoms with Crippen molar-refractivity contribution in [2.45, 2.75) is 0 Å². The average molecular weight is 360 g/mol. The fraction of sp³-hybridized carbons (Fsp3) is 0.0476. The Morgan fingerprint density at radius 2 is 1.93 bits per heavy atom. The monoisotopic (exact) mass is 360 g/mol. The number of carbonyl (C=O) groups is 2. The number of benzene rings is 2. The molecule has 3 aromatic rings. The first-order valence-electron chi connectivity index (χ1n) is 8.27. The minimum Gasteiger partial charge on any atom is -0.465 e. The highest BCUT2D eigenvalue weighted by molar-refractivity contribution is 6.34. The molecule has 1 aliphatic heterocycles. The van der Waals surface area contributed by atoms with Crippen LogP contribution in [-0.2, 0) is 9.53 Å². The average Bonchev–Trinajstić information content (AvgIpc) is 3.26. The molecular formula is C21H16N2O4. The fourth-order valence-electron chi connectivity index (χ4n) is 3.03. The number of anilines is 2. The molecule has 1 amide bonds. The smallest absolute Gasteiger partial charge is 0.337 e. The predicted molar refractivity (Wildman–Crippen MR) is 103 cm³/mol. The summed E-state index contributed by atoms with van der Waals surface area (Å²) >= 11 is 0. The Kier molecular flexibility index (Phi) is 4.01. The molecule has 27 heavy (non-hydrogen) atoms. The lowest BCUT2D eigenvalue weighted by Crippen LogP contribution is -2.03. The number of methoxy groups -OCH3 is 1. The summed E-state index contributed by atoms with van der Waals surface area (Å²) in [6, 6.07) is 15.9. The number of furan rings is 1. The van der Waals surface area contributed by atoms with E-state index in [0.29, 0.717) is 33.9 Å². The molecule has 1 aliphatic rings. The number of hydrogen-bond donors (Lipinski definition) is 2. The molecule has 6 heteroatoms. The second-order valence-electron chi connectivity index (χ2n) is 6.05. The van der Waals surface area contributed by atoms with Crippen molar-refractivity contribution in [2.75, 3.05) is 18.2 Å². The third-order valence-electron chi connectivity index (χ3n) is 4.36. The number of ether oxygens (including phenoxy) is 1. The highest BCUT2D eigenvalue weighted by Gasteiger charge is 2.24. The van der Waals surface area contributed by atoms with Gasteiger partial charge in [0.1, 0.15) is 11.5 Å². The van der Waals surface area contributed by atoms with E-state index in [1.165, 1.54) is 7.11 Å². The van der Waals surface area contributed by atoms with Gasteiger partial charge in [-0.2, -0.15) is 0 Å². The molecule has 0 atom stereocenters. The summed E-state index contributed by atoms with van der Waals surface area (Å²) in [6.45, 7) is 0. The second-order valence-corrected chi connectivity index (χ2v) is 6.05. The van der Waals surface area contributed by atoms with Gasteiger partial charge >= 0.3 is 5.97 Å². The van der Waals surface area contributed by atoms with E-state index in [-0.39, 0.29) is 5.91 Å². The quantitative estimate of drug-likeness (QED) is 0.421. The first-order valence-corrected chi connectivity index (χ1v) is 8.27. The molecule has 3 N–H and O–H groups in total. The van der Waals surface area contributed by atoms with Crippen LogP contribution >= 0.6 is 0 Å². The molecule has 0 bridgehead atoms. The van der Waals surface area contributed by atoms with Crippen molar-refractivity contribution in [2.24, 2.45) is 0 Å². The summed E-state index contributed by atoms with van der Waals surface area (Å²) in [5, 5.41) is 2.82. The first-order chi connectivity index (χ1) is 13.1. The van der Waals surface area contributed by atoms with Crippen molar-refractivity contribution in [3.8, 4) is 11.3 Å². The zero-order chi connectivity index (χ0) is 19.0. The number of nitrogen functional groups attached to an aromatic ring is 1. The van der Waals surface area contributed by atoms with Crippen molar-refractivity contribution >= 4 is 34.9 Å². The highest BCUT2D eigenvalue weighted by Crippen LogP contribution is 2.34. The summed E-state index contributed by atoms with van der Waals surface area (Å²) in [5.41, 5.74) is 9.64. The van der Waals surface area contributed by atoms with Gasteiger partial charge in [0.05, 0.1) is 18.2 Å². The summed E-state index contributed by atoms with van der Waals surface area (Å²) in [6.07, 6.45) is 1.70. The van der Waals surface area contributed by atoms with Crippen LogP contribution in [0.25, 0.3) is 23.0 Å². The number of amides is 1. The van der Waals surface area contributed by atoms with Gasteiger partial charge in [0.2, 0.25) is 0 Å². The number of esters is 1. The molecule has 0 radical (unpaired) electrons. The molecule has 0 spiro atoms. The minimum absolute atomic E-state index is 0.170. The van der Waals surface area contributed by atoms with Crippen LogP contribution in [0.4, 0.5) is 11.4 Å². The number of fused-ring (bicyclic) bond motifs is 1. The van der Waals surface area contributed by atoms with E-state index < -0.39 is 5.97 Å². The SMILES string of the molecule is COC(=O)c1ccc(-c2ccc(/C=C3/C(=O)Nc4ccccc43)o2)c(N)c1. The van der Waals surface area contributed by atoms with Crippen molar-refractivity contribution in [3.05, 3.63) is 71.5 Å². The number of carbonyl (C=O) groups excluding carboxylic acids is 2. The fourth-order valence-corrected chi connectivity index (χ4v) is 3.03. The van der Waals surface area contributed by atoms with Gasteiger partial charge in [-0.15, -0.1) is 0 Å². The molecule has 0 aliphatic carbocycles. The lowest BCUT2D eigenvalue weighted by Gasteiger charge is -2.05. The maximum atomic E-state index is 12.2. The molecule has 0 unspecified atom stereocenters. The predicted octanol–water partition coefficient (Wildman–Crippen LogP) is 3.81. The number of rotatable bonds is 3. The molecular weight excluding hydrogens is 344 g/mol. The van der Waals surface area contributed by atoms with Crippen LogP contribution in [0.3, 0.4) is 0 Å². The standard InChI is InChI=1S/C21H16N2O4/c1-26-21(25)12-6-8-15(17(22)10-12)19-9-7-13(27-19)11-16-14-4-2-3-5-18(14)23-20(16)24/h2-11H,22H2,1H3,(H,23,24)/b16-11+. The summed E-state index contributed by atoms with van der Waals surface area (Å²) in [7, 11) is 1.32. The van der Waals surface area contributed by atoms with Crippen molar-refractivity contribution in [1.29, 1.82) is 0 Å². The Bertz CT molecular complexity index is 1100. The van der Waals surface area contributed by atoms with Gasteiger partial charge in [0.25, 0.3) is 5.91 Å². The normalized spacial score (nSPS) is 14.1. The Labute approximate surface area is 155 Å². The molecule has 4 rings (SSSR count). The van der Waals surface area contributed by atoms with Crippen molar-refractivity contribution < 1.29 is 18.7 Å². The summed E-state index contributed by atoms with van der Waals surface area (Å²) in [5.74, 6) is 0.450. The zero-order valence-corrected chi connectivity index (χ0v) is 14.5. The van der Waals surface area contributed by atoms with Gasteiger partial charge in [-0.1, -0.05) is 18.2 Å². The van der Waals surface area contributed by atoms with E-state index in [9.17, 15) is 9.59 Å². The Balaban J connectivity index is 1.67. The van der Waals surface area contributed by atoms with E-state index in [2.05, 4.69) is 5.32 Å². The van der Waals surface area contributed by atoms with Crippen LogP contribution in [0, 0.1) is 0 Å². The largest absolute Gasteiger partial charge is 0.465 e. The summed E-state index contributed by atoms with van der Waals surface area (Å²) < 4.78 is 10.5. The molecule has 6 nitrogen and oxygen atoms in total. The summed E-state index contributed by atoms with van der Waals surface area (Å²) in [4.78, 5) is 23.8. The van der Waals surface area contributed by atoms with E-state index in [4.69, 9.17) is 14.9 Å². The van der Waals surface area contributed by atoms with E-state index in [1.54, 1.807) is 36.4 Å². The maximum absolute atomic E-state index is 12.2. The molecule has 0 saturated carbocycles. The minimum atomic E-state index is -0.455. The first kappa shape index (κ1) is 16.7. The Morgan fingerprint density at radius 1 is 1.11 bits per heavy atom. The van der Waals surface area contributed by atoms with Gasteiger partial charge in [0, 0.05) is 22.5 Å². The molecule has 0 saturated heterocycles. The maximum Gasteiger partial charge on any atom is 0.337 e.